The first kappa shape index (κ1) is 16.2. The maximum atomic E-state index is 12.4. The highest BCUT2D eigenvalue weighted by atomic mass is 79.9. The first-order valence-electron chi connectivity index (χ1n) is 7.77. The highest BCUT2D eigenvalue weighted by molar-refractivity contribution is 9.10. The van der Waals surface area contributed by atoms with E-state index >= 15 is 0 Å². The Kier molecular flexibility index (Phi) is 5.13. The molecule has 0 unspecified atom stereocenters. The van der Waals surface area contributed by atoms with Crippen molar-refractivity contribution in [1.82, 2.24) is 15.0 Å². The lowest BCUT2D eigenvalue weighted by Gasteiger charge is -2.34. The van der Waals surface area contributed by atoms with Crippen LogP contribution in [0.5, 0.6) is 0 Å². The number of aromatic nitrogens is 1. The van der Waals surface area contributed by atoms with Gasteiger partial charge >= 0.3 is 0 Å². The van der Waals surface area contributed by atoms with Gasteiger partial charge in [-0.1, -0.05) is 33.2 Å². The molecule has 1 aliphatic rings. The summed E-state index contributed by atoms with van der Waals surface area (Å²) in [6.07, 6.45) is 0.467. The number of aryl methyl sites for hydroxylation is 1. The molecule has 0 spiro atoms. The second-order valence-corrected chi connectivity index (χ2v) is 6.81. The van der Waals surface area contributed by atoms with E-state index in [1.165, 1.54) is 0 Å². The molecular weight excluding hydrogens is 358 g/mol. The van der Waals surface area contributed by atoms with Gasteiger partial charge in [0.15, 0.2) is 5.76 Å². The summed E-state index contributed by atoms with van der Waals surface area (Å²) >= 11 is 3.41. The second-order valence-electron chi connectivity index (χ2n) is 5.89. The number of halogens is 1. The van der Waals surface area contributed by atoms with E-state index in [1.54, 1.807) is 0 Å². The van der Waals surface area contributed by atoms with Gasteiger partial charge in [-0.05, 0) is 24.6 Å². The minimum absolute atomic E-state index is 0.197. The molecule has 1 saturated heterocycles. The molecule has 0 aliphatic carbocycles. The van der Waals surface area contributed by atoms with Gasteiger partial charge in [0.2, 0.25) is 5.91 Å². The molecule has 0 N–H and O–H groups in total. The predicted octanol–water partition coefficient (Wildman–Crippen LogP) is 2.63. The number of amides is 1. The largest absolute Gasteiger partial charge is 0.360 e. The van der Waals surface area contributed by atoms with Gasteiger partial charge in [-0.2, -0.15) is 0 Å². The fraction of sp³-hybridized carbons (Fsp3) is 0.412. The predicted molar refractivity (Wildman–Crippen MR) is 90.9 cm³/mol. The van der Waals surface area contributed by atoms with Crippen LogP contribution in [0.4, 0.5) is 0 Å². The number of carbonyl (C=O) groups is 1. The molecule has 3 rings (SSSR count). The van der Waals surface area contributed by atoms with Crippen LogP contribution in [0.1, 0.15) is 17.0 Å². The molecule has 2 heterocycles. The van der Waals surface area contributed by atoms with Gasteiger partial charge in [0.05, 0.1) is 18.7 Å². The molecule has 1 aromatic carbocycles. The average molecular weight is 378 g/mol. The SMILES string of the molecule is Cc1cc(CN2CCN(C(=O)Cc3ccc(Br)cc3)CC2)on1. The minimum atomic E-state index is 0.197. The molecule has 0 bridgehead atoms. The molecule has 1 aromatic heterocycles. The lowest BCUT2D eigenvalue weighted by atomic mass is 10.1. The van der Waals surface area contributed by atoms with E-state index in [-0.39, 0.29) is 5.91 Å². The summed E-state index contributed by atoms with van der Waals surface area (Å²) in [5.41, 5.74) is 1.96. The van der Waals surface area contributed by atoms with Crippen molar-refractivity contribution >= 4 is 21.8 Å². The van der Waals surface area contributed by atoms with E-state index in [1.807, 2.05) is 42.2 Å². The summed E-state index contributed by atoms with van der Waals surface area (Å²) in [4.78, 5) is 16.6. The monoisotopic (exact) mass is 377 g/mol. The number of piperazine rings is 1. The molecule has 2 aromatic rings. The summed E-state index contributed by atoms with van der Waals surface area (Å²) in [5.74, 6) is 1.08. The van der Waals surface area contributed by atoms with Gasteiger partial charge in [0.25, 0.3) is 0 Å². The van der Waals surface area contributed by atoms with Crippen LogP contribution in [0, 0.1) is 6.92 Å². The first-order valence-corrected chi connectivity index (χ1v) is 8.56. The van der Waals surface area contributed by atoms with Crippen molar-refractivity contribution in [1.29, 1.82) is 0 Å². The zero-order valence-corrected chi connectivity index (χ0v) is 14.8. The van der Waals surface area contributed by atoms with Crippen LogP contribution in [0.15, 0.2) is 39.3 Å². The highest BCUT2D eigenvalue weighted by Crippen LogP contribution is 2.13. The molecule has 1 fully saturated rings. The molecule has 0 saturated carbocycles. The third-order valence-corrected chi connectivity index (χ3v) is 4.58. The molecule has 122 valence electrons. The van der Waals surface area contributed by atoms with Gasteiger partial charge in [-0.25, -0.2) is 0 Å². The molecule has 0 radical (unpaired) electrons. The Labute approximate surface area is 144 Å². The van der Waals surface area contributed by atoms with Crippen molar-refractivity contribution in [2.75, 3.05) is 26.2 Å². The molecule has 1 aliphatic heterocycles. The number of rotatable bonds is 4. The van der Waals surface area contributed by atoms with Crippen LogP contribution in [0.2, 0.25) is 0 Å². The smallest absolute Gasteiger partial charge is 0.227 e. The Morgan fingerprint density at radius 1 is 1.22 bits per heavy atom. The Bertz CT molecular complexity index is 661. The van der Waals surface area contributed by atoms with Crippen molar-refractivity contribution < 1.29 is 9.32 Å². The summed E-state index contributed by atoms with van der Waals surface area (Å²) in [5, 5.41) is 3.91. The van der Waals surface area contributed by atoms with E-state index < -0.39 is 0 Å². The van der Waals surface area contributed by atoms with Crippen molar-refractivity contribution in [3.8, 4) is 0 Å². The highest BCUT2D eigenvalue weighted by Gasteiger charge is 2.22. The second kappa shape index (κ2) is 7.27. The van der Waals surface area contributed by atoms with Crippen LogP contribution in [0.3, 0.4) is 0 Å². The third kappa shape index (κ3) is 4.42. The minimum Gasteiger partial charge on any atom is -0.360 e. The molecule has 0 atom stereocenters. The topological polar surface area (TPSA) is 49.6 Å². The molecule has 1 amide bonds. The number of carbonyl (C=O) groups excluding carboxylic acids is 1. The Morgan fingerprint density at radius 2 is 1.91 bits per heavy atom. The van der Waals surface area contributed by atoms with Crippen LogP contribution < -0.4 is 0 Å². The maximum absolute atomic E-state index is 12.4. The van der Waals surface area contributed by atoms with E-state index in [0.717, 1.165) is 54.2 Å². The number of nitrogens with zero attached hydrogens (tertiary/aromatic N) is 3. The lowest BCUT2D eigenvalue weighted by molar-refractivity contribution is -0.132. The van der Waals surface area contributed by atoms with Crippen LogP contribution in [-0.4, -0.2) is 47.0 Å². The van der Waals surface area contributed by atoms with Crippen molar-refractivity contribution in [2.24, 2.45) is 0 Å². The zero-order valence-electron chi connectivity index (χ0n) is 13.2. The van der Waals surface area contributed by atoms with Gasteiger partial charge in [-0.3, -0.25) is 9.69 Å². The average Bonchev–Trinajstić information content (AvgIpc) is 2.95. The molecule has 6 heteroatoms. The Morgan fingerprint density at radius 3 is 2.52 bits per heavy atom. The van der Waals surface area contributed by atoms with Gasteiger partial charge in [0, 0.05) is 36.7 Å². The normalized spacial score (nSPS) is 15.8. The van der Waals surface area contributed by atoms with Gasteiger partial charge < -0.3 is 9.42 Å². The number of benzene rings is 1. The summed E-state index contributed by atoms with van der Waals surface area (Å²) in [6.45, 7) is 5.95. The van der Waals surface area contributed by atoms with Crippen LogP contribution in [0.25, 0.3) is 0 Å². The van der Waals surface area contributed by atoms with E-state index in [9.17, 15) is 4.79 Å². The molecular formula is C17H20BrN3O2. The van der Waals surface area contributed by atoms with E-state index in [4.69, 9.17) is 4.52 Å². The fourth-order valence-corrected chi connectivity index (χ4v) is 3.02. The van der Waals surface area contributed by atoms with E-state index in [0.29, 0.717) is 6.42 Å². The van der Waals surface area contributed by atoms with Crippen molar-refractivity contribution in [3.05, 3.63) is 51.8 Å². The summed E-state index contributed by atoms with van der Waals surface area (Å²) in [7, 11) is 0. The van der Waals surface area contributed by atoms with Crippen molar-refractivity contribution in [2.45, 2.75) is 19.9 Å². The first-order chi connectivity index (χ1) is 11.1. The summed E-state index contributed by atoms with van der Waals surface area (Å²) in [6, 6.07) is 9.89. The number of hydrogen-bond acceptors (Lipinski definition) is 4. The fourth-order valence-electron chi connectivity index (χ4n) is 2.76. The lowest BCUT2D eigenvalue weighted by Crippen LogP contribution is -2.48. The molecule has 5 nitrogen and oxygen atoms in total. The van der Waals surface area contributed by atoms with E-state index in [2.05, 4.69) is 26.0 Å². The standard InChI is InChI=1S/C17H20BrN3O2/c1-13-10-16(23-19-13)12-20-6-8-21(9-7-20)17(22)11-14-2-4-15(18)5-3-14/h2-5,10H,6-9,11-12H2,1H3. The third-order valence-electron chi connectivity index (χ3n) is 4.05. The Hall–Kier alpha value is -1.66. The quantitative estimate of drug-likeness (QED) is 0.821. The van der Waals surface area contributed by atoms with Crippen LogP contribution in [-0.2, 0) is 17.8 Å². The van der Waals surface area contributed by atoms with Gasteiger partial charge in [0.1, 0.15) is 0 Å². The van der Waals surface area contributed by atoms with Crippen LogP contribution >= 0.6 is 15.9 Å². The Balaban J connectivity index is 1.48. The van der Waals surface area contributed by atoms with Crippen molar-refractivity contribution in [3.63, 3.8) is 0 Å². The van der Waals surface area contributed by atoms with Gasteiger partial charge in [-0.15, -0.1) is 0 Å². The summed E-state index contributed by atoms with van der Waals surface area (Å²) < 4.78 is 6.29. The zero-order chi connectivity index (χ0) is 16.2. The number of hydrogen-bond donors (Lipinski definition) is 0. The molecule has 23 heavy (non-hydrogen) atoms. The maximum Gasteiger partial charge on any atom is 0.227 e.